The molecule has 3 rings (SSSR count). The van der Waals surface area contributed by atoms with Gasteiger partial charge in [-0.25, -0.2) is 4.98 Å². The molecule has 5 nitrogen and oxygen atoms in total. The molecule has 1 aliphatic rings. The summed E-state index contributed by atoms with van der Waals surface area (Å²) in [4.78, 5) is 19.8. The number of fused-ring (bicyclic) bond motifs is 1. The Bertz CT molecular complexity index is 716. The predicted molar refractivity (Wildman–Crippen MR) is 80.4 cm³/mol. The molecule has 1 amide bonds. The number of nitrogens with one attached hydrogen (secondary N) is 1. The van der Waals surface area contributed by atoms with Gasteiger partial charge < -0.3 is 9.88 Å². The van der Waals surface area contributed by atoms with Crippen molar-refractivity contribution in [2.75, 3.05) is 6.54 Å². The highest BCUT2D eigenvalue weighted by molar-refractivity contribution is 5.95. The van der Waals surface area contributed by atoms with Crippen LogP contribution in [0.3, 0.4) is 0 Å². The van der Waals surface area contributed by atoms with E-state index in [0.717, 1.165) is 49.6 Å². The minimum atomic E-state index is -4.66. The van der Waals surface area contributed by atoms with Gasteiger partial charge in [0.15, 0.2) is 5.69 Å². The summed E-state index contributed by atoms with van der Waals surface area (Å²) in [6, 6.07) is 2.44. The molecule has 128 valence electrons. The first-order valence-corrected chi connectivity index (χ1v) is 7.80. The molecule has 0 fully saturated rings. The molecule has 24 heavy (non-hydrogen) atoms. The summed E-state index contributed by atoms with van der Waals surface area (Å²) in [6.45, 7) is 1.17. The molecule has 2 aromatic rings. The van der Waals surface area contributed by atoms with E-state index in [9.17, 15) is 18.0 Å². The Labute approximate surface area is 136 Å². The first kappa shape index (κ1) is 16.5. The second kappa shape index (κ2) is 6.62. The molecule has 8 heteroatoms. The van der Waals surface area contributed by atoms with E-state index in [1.54, 1.807) is 0 Å². The molecular formula is C16H17F3N4O. The summed E-state index contributed by atoms with van der Waals surface area (Å²) in [6.07, 6.45) is 1.98. The highest BCUT2D eigenvalue weighted by Gasteiger charge is 2.36. The molecule has 0 saturated carbocycles. The number of pyridine rings is 1. The molecule has 3 heterocycles. The number of halogens is 3. The minimum absolute atomic E-state index is 0.224. The third-order valence-electron chi connectivity index (χ3n) is 3.95. The number of aryl methyl sites for hydroxylation is 2. The van der Waals surface area contributed by atoms with Crippen LogP contribution in [0.25, 0.3) is 0 Å². The van der Waals surface area contributed by atoms with Crippen molar-refractivity contribution < 1.29 is 18.0 Å². The normalized spacial score (nSPS) is 14.3. The fourth-order valence-electron chi connectivity index (χ4n) is 2.81. The number of amides is 1. The van der Waals surface area contributed by atoms with Crippen LogP contribution in [0, 0.1) is 0 Å². The van der Waals surface area contributed by atoms with Gasteiger partial charge in [0.2, 0.25) is 0 Å². The molecule has 0 aliphatic carbocycles. The number of carbonyl (C=O) groups is 1. The zero-order chi connectivity index (χ0) is 17.2. The minimum Gasteiger partial charge on any atom is -0.352 e. The van der Waals surface area contributed by atoms with Gasteiger partial charge in [0.25, 0.3) is 5.91 Å². The zero-order valence-electron chi connectivity index (χ0n) is 12.9. The molecule has 0 atom stereocenters. The van der Waals surface area contributed by atoms with Gasteiger partial charge >= 0.3 is 6.18 Å². The van der Waals surface area contributed by atoms with Gasteiger partial charge in [0, 0.05) is 38.3 Å². The smallest absolute Gasteiger partial charge is 0.352 e. The lowest BCUT2D eigenvalue weighted by Gasteiger charge is -2.11. The Morgan fingerprint density at radius 3 is 2.92 bits per heavy atom. The molecule has 1 N–H and O–H groups in total. The summed E-state index contributed by atoms with van der Waals surface area (Å²) in [7, 11) is 0. The summed E-state index contributed by atoms with van der Waals surface area (Å²) in [5, 5.41) is 2.51. The topological polar surface area (TPSA) is 59.8 Å². The van der Waals surface area contributed by atoms with Gasteiger partial charge in [-0.15, -0.1) is 0 Å². The van der Waals surface area contributed by atoms with Crippen LogP contribution in [0.5, 0.6) is 0 Å². The standard InChI is InChI=1S/C16H17F3N4O/c17-16(18,19)14-12(4-3-7-20-14)15(24)21-8-6-11-10-23-9-2-1-5-13(23)22-11/h3-4,7,10H,1-2,5-6,8-9H2,(H,21,24). The number of aromatic nitrogens is 3. The second-order valence-corrected chi connectivity index (χ2v) is 5.70. The van der Waals surface area contributed by atoms with E-state index in [2.05, 4.69) is 19.9 Å². The van der Waals surface area contributed by atoms with Crippen molar-refractivity contribution in [3.05, 3.63) is 47.3 Å². The fourth-order valence-corrected chi connectivity index (χ4v) is 2.81. The SMILES string of the molecule is O=C(NCCc1cn2c(n1)CCCC2)c1cccnc1C(F)(F)F. The third-order valence-corrected chi connectivity index (χ3v) is 3.95. The zero-order valence-corrected chi connectivity index (χ0v) is 12.9. The van der Waals surface area contributed by atoms with Crippen molar-refractivity contribution in [1.82, 2.24) is 19.9 Å². The number of imidazole rings is 1. The molecule has 0 radical (unpaired) electrons. The average molecular weight is 338 g/mol. The van der Waals surface area contributed by atoms with E-state index >= 15 is 0 Å². The van der Waals surface area contributed by atoms with E-state index < -0.39 is 23.3 Å². The Kier molecular flexibility index (Phi) is 4.55. The lowest BCUT2D eigenvalue weighted by molar-refractivity contribution is -0.141. The van der Waals surface area contributed by atoms with E-state index in [4.69, 9.17) is 0 Å². The second-order valence-electron chi connectivity index (χ2n) is 5.70. The van der Waals surface area contributed by atoms with Gasteiger partial charge in [0.1, 0.15) is 5.82 Å². The Morgan fingerprint density at radius 2 is 2.17 bits per heavy atom. The Hall–Kier alpha value is -2.38. The Balaban J connectivity index is 1.61. The lowest BCUT2D eigenvalue weighted by Crippen LogP contribution is -2.28. The summed E-state index contributed by atoms with van der Waals surface area (Å²) < 4.78 is 40.7. The molecule has 0 unspecified atom stereocenters. The van der Waals surface area contributed by atoms with Gasteiger partial charge in [-0.1, -0.05) is 0 Å². The lowest BCUT2D eigenvalue weighted by atomic mass is 10.1. The molecule has 2 aromatic heterocycles. The van der Waals surface area contributed by atoms with Gasteiger partial charge in [-0.05, 0) is 25.0 Å². The van der Waals surface area contributed by atoms with Crippen molar-refractivity contribution in [2.24, 2.45) is 0 Å². The molecule has 0 spiro atoms. The number of nitrogens with zero attached hydrogens (tertiary/aromatic N) is 3. The van der Waals surface area contributed by atoms with Crippen LogP contribution in [0.2, 0.25) is 0 Å². The van der Waals surface area contributed by atoms with E-state index in [1.807, 2.05) is 6.20 Å². The first-order chi connectivity index (χ1) is 11.4. The largest absolute Gasteiger partial charge is 0.434 e. The van der Waals surface area contributed by atoms with Crippen molar-refractivity contribution in [1.29, 1.82) is 0 Å². The van der Waals surface area contributed by atoms with Crippen LogP contribution in [-0.2, 0) is 25.6 Å². The number of hydrogen-bond acceptors (Lipinski definition) is 3. The van der Waals surface area contributed by atoms with Crippen LogP contribution in [0.4, 0.5) is 13.2 Å². The quantitative estimate of drug-likeness (QED) is 0.932. The van der Waals surface area contributed by atoms with Crippen LogP contribution < -0.4 is 5.32 Å². The highest BCUT2D eigenvalue weighted by atomic mass is 19.4. The first-order valence-electron chi connectivity index (χ1n) is 7.80. The maximum atomic E-state index is 12.9. The highest BCUT2D eigenvalue weighted by Crippen LogP contribution is 2.29. The monoisotopic (exact) mass is 338 g/mol. The van der Waals surface area contributed by atoms with E-state index in [1.165, 1.54) is 6.07 Å². The summed E-state index contributed by atoms with van der Waals surface area (Å²) in [5.74, 6) is 0.258. The summed E-state index contributed by atoms with van der Waals surface area (Å²) in [5.41, 5.74) is -0.788. The number of carbonyl (C=O) groups excluding carboxylic acids is 1. The van der Waals surface area contributed by atoms with Crippen molar-refractivity contribution in [3.63, 3.8) is 0 Å². The molecule has 0 saturated heterocycles. The predicted octanol–water partition coefficient (Wildman–Crippen LogP) is 2.61. The van der Waals surface area contributed by atoms with Crippen LogP contribution >= 0.6 is 0 Å². The maximum absolute atomic E-state index is 12.9. The van der Waals surface area contributed by atoms with Crippen molar-refractivity contribution in [3.8, 4) is 0 Å². The molecule has 0 aromatic carbocycles. The van der Waals surface area contributed by atoms with Crippen molar-refractivity contribution in [2.45, 2.75) is 38.4 Å². The maximum Gasteiger partial charge on any atom is 0.434 e. The number of hydrogen-bond donors (Lipinski definition) is 1. The number of rotatable bonds is 4. The van der Waals surface area contributed by atoms with Crippen LogP contribution in [-0.4, -0.2) is 27.0 Å². The van der Waals surface area contributed by atoms with Gasteiger partial charge in [0.05, 0.1) is 11.3 Å². The van der Waals surface area contributed by atoms with Crippen molar-refractivity contribution >= 4 is 5.91 Å². The van der Waals surface area contributed by atoms with E-state index in [-0.39, 0.29) is 6.54 Å². The Morgan fingerprint density at radius 1 is 1.33 bits per heavy atom. The third kappa shape index (κ3) is 3.58. The van der Waals surface area contributed by atoms with E-state index in [0.29, 0.717) is 6.42 Å². The average Bonchev–Trinajstić information content (AvgIpc) is 2.96. The van der Waals surface area contributed by atoms with Crippen LogP contribution in [0.15, 0.2) is 24.5 Å². The van der Waals surface area contributed by atoms with Crippen LogP contribution in [0.1, 0.15) is 40.4 Å². The fraction of sp³-hybridized carbons (Fsp3) is 0.438. The molecule has 0 bridgehead atoms. The molecular weight excluding hydrogens is 321 g/mol. The van der Waals surface area contributed by atoms with Gasteiger partial charge in [-0.2, -0.15) is 13.2 Å². The van der Waals surface area contributed by atoms with Gasteiger partial charge in [-0.3, -0.25) is 9.78 Å². The number of alkyl halides is 3. The summed E-state index contributed by atoms with van der Waals surface area (Å²) >= 11 is 0. The molecule has 1 aliphatic heterocycles.